The summed E-state index contributed by atoms with van der Waals surface area (Å²) in [5, 5.41) is 9.34. The van der Waals surface area contributed by atoms with E-state index in [0.717, 1.165) is 0 Å². The standard InChI is InChI=1S/C12H7Cl2NO3/c13-7-3-1-2-4-9(7)18-10-6-5-8(14)11(15-10)12(16)17/h1-6H,(H,16,17). The Bertz CT molecular complexity index is 602. The molecular weight excluding hydrogens is 277 g/mol. The number of hydrogen-bond acceptors (Lipinski definition) is 3. The number of halogens is 2. The van der Waals surface area contributed by atoms with E-state index in [1.165, 1.54) is 12.1 Å². The maximum absolute atomic E-state index is 10.9. The van der Waals surface area contributed by atoms with Gasteiger partial charge < -0.3 is 9.84 Å². The van der Waals surface area contributed by atoms with Crippen molar-refractivity contribution in [2.75, 3.05) is 0 Å². The van der Waals surface area contributed by atoms with Crippen LogP contribution in [0.2, 0.25) is 10.0 Å². The number of hydrogen-bond donors (Lipinski definition) is 1. The van der Waals surface area contributed by atoms with Crippen molar-refractivity contribution in [3.63, 3.8) is 0 Å². The van der Waals surface area contributed by atoms with Crippen LogP contribution in [0.5, 0.6) is 11.6 Å². The average molecular weight is 284 g/mol. The molecule has 1 N–H and O–H groups in total. The number of carboxylic acid groups (broad SMARTS) is 1. The van der Waals surface area contributed by atoms with Gasteiger partial charge in [0.25, 0.3) is 0 Å². The van der Waals surface area contributed by atoms with E-state index in [4.69, 9.17) is 33.0 Å². The van der Waals surface area contributed by atoms with Crippen molar-refractivity contribution in [3.8, 4) is 11.6 Å². The Morgan fingerprint density at radius 3 is 2.50 bits per heavy atom. The minimum Gasteiger partial charge on any atom is -0.476 e. The van der Waals surface area contributed by atoms with E-state index in [9.17, 15) is 4.79 Å². The first kappa shape index (κ1) is 12.7. The molecule has 92 valence electrons. The molecule has 0 unspecified atom stereocenters. The lowest BCUT2D eigenvalue weighted by Gasteiger charge is -2.07. The maximum atomic E-state index is 10.9. The van der Waals surface area contributed by atoms with Crippen molar-refractivity contribution in [2.24, 2.45) is 0 Å². The third-order valence-electron chi connectivity index (χ3n) is 2.07. The van der Waals surface area contributed by atoms with Gasteiger partial charge in [0.05, 0.1) is 10.0 Å². The third-order valence-corrected chi connectivity index (χ3v) is 2.69. The van der Waals surface area contributed by atoms with Gasteiger partial charge in [0.1, 0.15) is 5.75 Å². The highest BCUT2D eigenvalue weighted by Crippen LogP contribution is 2.28. The number of benzene rings is 1. The molecule has 0 bridgehead atoms. The summed E-state index contributed by atoms with van der Waals surface area (Å²) in [4.78, 5) is 14.7. The maximum Gasteiger partial charge on any atom is 0.356 e. The van der Waals surface area contributed by atoms with Gasteiger partial charge in [-0.05, 0) is 18.2 Å². The number of rotatable bonds is 3. The average Bonchev–Trinajstić information content (AvgIpc) is 2.34. The number of ether oxygens (including phenoxy) is 1. The highest BCUT2D eigenvalue weighted by Gasteiger charge is 2.13. The van der Waals surface area contributed by atoms with Crippen molar-refractivity contribution in [3.05, 3.63) is 52.1 Å². The van der Waals surface area contributed by atoms with Crippen LogP contribution in [0.15, 0.2) is 36.4 Å². The highest BCUT2D eigenvalue weighted by atomic mass is 35.5. The van der Waals surface area contributed by atoms with E-state index in [-0.39, 0.29) is 16.6 Å². The van der Waals surface area contributed by atoms with Gasteiger partial charge in [-0.1, -0.05) is 35.3 Å². The molecule has 6 heteroatoms. The van der Waals surface area contributed by atoms with Crippen LogP contribution in [0.25, 0.3) is 0 Å². The van der Waals surface area contributed by atoms with Crippen LogP contribution in [-0.4, -0.2) is 16.1 Å². The first-order valence-electron chi connectivity index (χ1n) is 4.90. The number of aromatic carboxylic acids is 1. The Hall–Kier alpha value is -1.78. The van der Waals surface area contributed by atoms with Gasteiger partial charge in [-0.25, -0.2) is 9.78 Å². The topological polar surface area (TPSA) is 59.4 Å². The van der Waals surface area contributed by atoms with Crippen LogP contribution < -0.4 is 4.74 Å². The molecule has 0 aliphatic heterocycles. The van der Waals surface area contributed by atoms with Gasteiger partial charge >= 0.3 is 5.97 Å². The number of carboxylic acids is 1. The van der Waals surface area contributed by atoms with E-state index < -0.39 is 5.97 Å². The Morgan fingerprint density at radius 1 is 1.11 bits per heavy atom. The van der Waals surface area contributed by atoms with E-state index >= 15 is 0 Å². The zero-order valence-electron chi connectivity index (χ0n) is 8.93. The minimum atomic E-state index is -1.22. The van der Waals surface area contributed by atoms with Crippen LogP contribution in [0.4, 0.5) is 0 Å². The van der Waals surface area contributed by atoms with E-state index in [1.54, 1.807) is 24.3 Å². The summed E-state index contributed by atoms with van der Waals surface area (Å²) < 4.78 is 5.39. The van der Waals surface area contributed by atoms with Gasteiger partial charge in [-0.2, -0.15) is 0 Å². The summed E-state index contributed by atoms with van der Waals surface area (Å²) in [5.74, 6) is -0.708. The third kappa shape index (κ3) is 2.72. The lowest BCUT2D eigenvalue weighted by atomic mass is 10.3. The molecule has 2 rings (SSSR count). The molecule has 0 fully saturated rings. The molecule has 18 heavy (non-hydrogen) atoms. The number of aromatic nitrogens is 1. The number of nitrogens with zero attached hydrogens (tertiary/aromatic N) is 1. The number of pyridine rings is 1. The largest absolute Gasteiger partial charge is 0.476 e. The predicted molar refractivity (Wildman–Crippen MR) is 67.7 cm³/mol. The van der Waals surface area contributed by atoms with Gasteiger partial charge in [0.15, 0.2) is 5.69 Å². The first-order valence-corrected chi connectivity index (χ1v) is 5.66. The summed E-state index contributed by atoms with van der Waals surface area (Å²) in [6.07, 6.45) is 0. The molecule has 0 aliphatic rings. The fraction of sp³-hybridized carbons (Fsp3) is 0. The first-order chi connectivity index (χ1) is 8.58. The minimum absolute atomic E-state index is 0.0500. The van der Waals surface area contributed by atoms with Crippen LogP contribution in [0.3, 0.4) is 0 Å². The number of carbonyl (C=O) groups is 1. The van der Waals surface area contributed by atoms with Crippen molar-refractivity contribution in [2.45, 2.75) is 0 Å². The summed E-state index contributed by atoms with van der Waals surface area (Å²) in [6.45, 7) is 0. The Morgan fingerprint density at radius 2 is 1.83 bits per heavy atom. The SMILES string of the molecule is O=C(O)c1nc(Oc2ccccc2Cl)ccc1Cl. The monoisotopic (exact) mass is 283 g/mol. The summed E-state index contributed by atoms with van der Waals surface area (Å²) in [7, 11) is 0. The molecule has 0 amide bonds. The molecule has 0 aliphatic carbocycles. The van der Waals surface area contributed by atoms with Crippen LogP contribution >= 0.6 is 23.2 Å². The summed E-state index contributed by atoms with van der Waals surface area (Å²) >= 11 is 11.6. The van der Waals surface area contributed by atoms with E-state index in [1.807, 2.05) is 0 Å². The predicted octanol–water partition coefficient (Wildman–Crippen LogP) is 3.88. The summed E-state index contributed by atoms with van der Waals surface area (Å²) in [6, 6.07) is 9.69. The smallest absolute Gasteiger partial charge is 0.356 e. The molecule has 0 radical (unpaired) electrons. The molecule has 1 heterocycles. The van der Waals surface area contributed by atoms with Gasteiger partial charge in [0, 0.05) is 6.07 Å². The summed E-state index contributed by atoms with van der Waals surface area (Å²) in [5.41, 5.74) is -0.263. The quantitative estimate of drug-likeness (QED) is 0.929. The zero-order chi connectivity index (χ0) is 13.1. The molecule has 0 saturated heterocycles. The lowest BCUT2D eigenvalue weighted by molar-refractivity contribution is 0.0690. The lowest BCUT2D eigenvalue weighted by Crippen LogP contribution is -2.02. The molecule has 0 atom stereocenters. The Balaban J connectivity index is 2.33. The zero-order valence-corrected chi connectivity index (χ0v) is 10.4. The number of para-hydroxylation sites is 1. The fourth-order valence-corrected chi connectivity index (χ4v) is 1.63. The second kappa shape index (κ2) is 5.25. The van der Waals surface area contributed by atoms with E-state index in [0.29, 0.717) is 10.8 Å². The molecule has 1 aromatic carbocycles. The highest BCUT2D eigenvalue weighted by molar-refractivity contribution is 6.33. The van der Waals surface area contributed by atoms with Gasteiger partial charge in [0.2, 0.25) is 5.88 Å². The Kier molecular flexibility index (Phi) is 3.69. The van der Waals surface area contributed by atoms with Crippen molar-refractivity contribution in [1.82, 2.24) is 4.98 Å². The molecule has 4 nitrogen and oxygen atoms in total. The second-order valence-corrected chi connectivity index (χ2v) is 4.13. The van der Waals surface area contributed by atoms with Crippen molar-refractivity contribution >= 4 is 29.2 Å². The molecule has 2 aromatic rings. The second-order valence-electron chi connectivity index (χ2n) is 3.32. The van der Waals surface area contributed by atoms with Crippen molar-refractivity contribution < 1.29 is 14.6 Å². The molecule has 0 spiro atoms. The normalized spacial score (nSPS) is 10.1. The fourth-order valence-electron chi connectivity index (χ4n) is 1.27. The molecule has 1 aromatic heterocycles. The Labute approximate surface area is 113 Å². The molecule has 0 saturated carbocycles. The van der Waals surface area contributed by atoms with Gasteiger partial charge in [-0.15, -0.1) is 0 Å². The van der Waals surface area contributed by atoms with E-state index in [2.05, 4.69) is 4.98 Å². The molecular formula is C12H7Cl2NO3. The van der Waals surface area contributed by atoms with Crippen molar-refractivity contribution in [1.29, 1.82) is 0 Å². The van der Waals surface area contributed by atoms with Gasteiger partial charge in [-0.3, -0.25) is 0 Å². The van der Waals surface area contributed by atoms with Crippen LogP contribution in [0.1, 0.15) is 10.5 Å². The van der Waals surface area contributed by atoms with Crippen LogP contribution in [-0.2, 0) is 0 Å². The van der Waals surface area contributed by atoms with Crippen LogP contribution in [0, 0.1) is 0 Å².